The minimum Gasteiger partial charge on any atom is -0.462 e. The Balaban J connectivity index is 5.25. The molecule has 96 heavy (non-hydrogen) atoms. The highest BCUT2D eigenvalue weighted by Crippen LogP contribution is 2.45. The fraction of sp³-hybridized carbons (Fsp3) is 0.948. The van der Waals surface area contributed by atoms with Crippen molar-refractivity contribution in [3.05, 3.63) is 0 Å². The van der Waals surface area contributed by atoms with Crippen molar-refractivity contribution >= 4 is 39.5 Å². The summed E-state index contributed by atoms with van der Waals surface area (Å²) < 4.78 is 68.6. The molecule has 19 heteroatoms. The first-order valence-corrected chi connectivity index (χ1v) is 43.0. The predicted octanol–water partition coefficient (Wildman–Crippen LogP) is 22.7. The summed E-state index contributed by atoms with van der Waals surface area (Å²) in [6.07, 6.45) is 56.7. The van der Waals surface area contributed by atoms with E-state index in [2.05, 4.69) is 41.5 Å². The smallest absolute Gasteiger partial charge is 0.462 e. The molecule has 0 fully saturated rings. The number of rotatable bonds is 76. The van der Waals surface area contributed by atoms with Crippen molar-refractivity contribution in [2.75, 3.05) is 39.6 Å². The lowest BCUT2D eigenvalue weighted by Crippen LogP contribution is -2.30. The van der Waals surface area contributed by atoms with Crippen LogP contribution in [0.3, 0.4) is 0 Å². The molecule has 0 aromatic rings. The number of hydrogen-bond acceptors (Lipinski definition) is 15. The van der Waals surface area contributed by atoms with E-state index in [-0.39, 0.29) is 25.7 Å². The Labute approximate surface area is 588 Å². The molecule has 0 amide bonds. The minimum atomic E-state index is -4.96. The van der Waals surface area contributed by atoms with Crippen LogP contribution in [0.4, 0.5) is 0 Å². The second-order valence-corrected chi connectivity index (χ2v) is 31.4. The van der Waals surface area contributed by atoms with Gasteiger partial charge in [0.1, 0.15) is 19.3 Å². The van der Waals surface area contributed by atoms with Crippen molar-refractivity contribution in [2.45, 2.75) is 419 Å². The maximum Gasteiger partial charge on any atom is 0.472 e. The molecule has 3 unspecified atom stereocenters. The molecule has 570 valence electrons. The Bertz CT molecular complexity index is 1860. The molecule has 0 saturated heterocycles. The lowest BCUT2D eigenvalue weighted by Gasteiger charge is -2.21. The molecular formula is C77H150O17P2. The van der Waals surface area contributed by atoms with E-state index < -0.39 is 97.5 Å². The molecule has 0 spiro atoms. The number of aliphatic hydroxyl groups is 1. The molecule has 6 atom stereocenters. The molecule has 0 aromatic heterocycles. The van der Waals surface area contributed by atoms with Crippen LogP contribution in [0, 0.1) is 11.8 Å². The van der Waals surface area contributed by atoms with Crippen molar-refractivity contribution < 1.29 is 80.2 Å². The second-order valence-electron chi connectivity index (χ2n) is 28.5. The number of phosphoric ester groups is 2. The van der Waals surface area contributed by atoms with E-state index in [1.807, 2.05) is 0 Å². The Morgan fingerprint density at radius 3 is 0.792 bits per heavy atom. The van der Waals surface area contributed by atoms with E-state index in [9.17, 15) is 43.2 Å². The molecule has 0 rings (SSSR count). The Kier molecular flexibility index (Phi) is 67.4. The van der Waals surface area contributed by atoms with E-state index in [4.69, 9.17) is 37.0 Å². The largest absolute Gasteiger partial charge is 0.472 e. The normalized spacial score (nSPS) is 14.3. The first-order chi connectivity index (χ1) is 46.4. The van der Waals surface area contributed by atoms with Gasteiger partial charge in [-0.2, -0.15) is 0 Å². The van der Waals surface area contributed by atoms with Gasteiger partial charge in [-0.3, -0.25) is 37.3 Å². The average Bonchev–Trinajstić information content (AvgIpc) is 1.27. The third-order valence-electron chi connectivity index (χ3n) is 18.3. The summed E-state index contributed by atoms with van der Waals surface area (Å²) in [5.74, 6) is -0.540. The Morgan fingerprint density at radius 2 is 0.531 bits per heavy atom. The summed E-state index contributed by atoms with van der Waals surface area (Å²) in [5.41, 5.74) is 0. The number of esters is 4. The van der Waals surface area contributed by atoms with Gasteiger partial charge >= 0.3 is 39.5 Å². The van der Waals surface area contributed by atoms with Crippen molar-refractivity contribution in [3.8, 4) is 0 Å². The third kappa shape index (κ3) is 69.2. The van der Waals surface area contributed by atoms with Crippen LogP contribution in [0.25, 0.3) is 0 Å². The number of ether oxygens (including phenoxy) is 4. The number of carbonyl (C=O) groups excluding carboxylic acids is 4. The molecule has 0 aromatic carbocycles. The van der Waals surface area contributed by atoms with Gasteiger partial charge in [0.2, 0.25) is 0 Å². The van der Waals surface area contributed by atoms with Gasteiger partial charge in [-0.15, -0.1) is 0 Å². The summed E-state index contributed by atoms with van der Waals surface area (Å²) in [5, 5.41) is 10.6. The van der Waals surface area contributed by atoms with E-state index in [0.29, 0.717) is 25.7 Å². The van der Waals surface area contributed by atoms with Gasteiger partial charge in [0.15, 0.2) is 12.2 Å². The molecular weight excluding hydrogens is 1260 g/mol. The summed E-state index contributed by atoms with van der Waals surface area (Å²) in [7, 11) is -9.91. The fourth-order valence-electron chi connectivity index (χ4n) is 11.8. The first-order valence-electron chi connectivity index (χ1n) is 40.0. The van der Waals surface area contributed by atoms with Crippen LogP contribution < -0.4 is 0 Å². The molecule has 0 saturated carbocycles. The highest BCUT2D eigenvalue weighted by Gasteiger charge is 2.30. The molecule has 0 bridgehead atoms. The summed E-state index contributed by atoms with van der Waals surface area (Å²) in [4.78, 5) is 72.9. The van der Waals surface area contributed by atoms with Gasteiger partial charge in [-0.1, -0.05) is 350 Å². The van der Waals surface area contributed by atoms with E-state index in [0.717, 1.165) is 102 Å². The lowest BCUT2D eigenvalue weighted by molar-refractivity contribution is -0.161. The maximum absolute atomic E-state index is 13.1. The monoisotopic (exact) mass is 1410 g/mol. The molecule has 0 aliphatic carbocycles. The van der Waals surface area contributed by atoms with E-state index in [1.165, 1.54) is 218 Å². The summed E-state index contributed by atoms with van der Waals surface area (Å²) in [6.45, 7) is 9.63. The number of carbonyl (C=O) groups is 4. The van der Waals surface area contributed by atoms with Crippen molar-refractivity contribution in [1.82, 2.24) is 0 Å². The van der Waals surface area contributed by atoms with Gasteiger partial charge in [0.25, 0.3) is 0 Å². The summed E-state index contributed by atoms with van der Waals surface area (Å²) in [6, 6.07) is 0. The van der Waals surface area contributed by atoms with Gasteiger partial charge in [0.05, 0.1) is 26.4 Å². The van der Waals surface area contributed by atoms with Crippen LogP contribution in [-0.2, 0) is 65.4 Å². The average molecular weight is 1410 g/mol. The van der Waals surface area contributed by atoms with Gasteiger partial charge in [-0.05, 0) is 37.5 Å². The van der Waals surface area contributed by atoms with Crippen LogP contribution in [-0.4, -0.2) is 96.7 Å². The van der Waals surface area contributed by atoms with Crippen molar-refractivity contribution in [2.24, 2.45) is 11.8 Å². The molecule has 0 aliphatic rings. The predicted molar refractivity (Wildman–Crippen MR) is 391 cm³/mol. The quantitative estimate of drug-likeness (QED) is 0.0222. The highest BCUT2D eigenvalue weighted by atomic mass is 31.2. The van der Waals surface area contributed by atoms with Gasteiger partial charge in [-0.25, -0.2) is 9.13 Å². The molecule has 0 heterocycles. The van der Waals surface area contributed by atoms with Crippen LogP contribution in [0.5, 0.6) is 0 Å². The minimum absolute atomic E-state index is 0.107. The van der Waals surface area contributed by atoms with Crippen LogP contribution in [0.15, 0.2) is 0 Å². The van der Waals surface area contributed by atoms with Crippen molar-refractivity contribution in [3.63, 3.8) is 0 Å². The zero-order chi connectivity index (χ0) is 70.7. The highest BCUT2D eigenvalue weighted by molar-refractivity contribution is 7.47. The molecule has 0 radical (unpaired) electrons. The molecule has 3 N–H and O–H groups in total. The van der Waals surface area contributed by atoms with Crippen LogP contribution >= 0.6 is 15.6 Å². The van der Waals surface area contributed by atoms with E-state index in [1.54, 1.807) is 0 Å². The van der Waals surface area contributed by atoms with E-state index >= 15 is 0 Å². The number of phosphoric acid groups is 2. The Hall–Kier alpha value is -1.94. The molecule has 0 aliphatic heterocycles. The van der Waals surface area contributed by atoms with Crippen LogP contribution in [0.2, 0.25) is 0 Å². The first kappa shape index (κ1) is 94.1. The topological polar surface area (TPSA) is 237 Å². The maximum atomic E-state index is 13.1. The van der Waals surface area contributed by atoms with Crippen LogP contribution in [0.1, 0.15) is 401 Å². The second kappa shape index (κ2) is 68.8. The van der Waals surface area contributed by atoms with Crippen molar-refractivity contribution in [1.29, 1.82) is 0 Å². The SMILES string of the molecule is CCCCCCCCCCCCCCCCC(=O)OC[C@H](COP(=O)(O)OC[C@@H](O)COP(=O)(O)OC[C@@H](COC(=O)CCCCCCCCCCC(C)C)OC(=O)CCCCCCCCCCCCCCC)OC(=O)CCCCCCCCCCCCCCCCC(C)CC. The number of unbranched alkanes of at least 4 members (excludes halogenated alkanes) is 45. The number of aliphatic hydroxyl groups excluding tert-OH is 1. The number of hydrogen-bond donors (Lipinski definition) is 3. The standard InChI is InChI=1S/C77H150O17P2/c1-7-10-12-14-16-18-20-22-27-30-34-41-47-53-59-74(79)87-65-72(93-77(82)62-56-50-44-36-32-28-24-23-26-29-33-40-46-52-58-70(6)9-3)67-91-95(83,84)89-63-71(78)64-90-96(85,86)92-68-73(66-88-75(80)60-54-48-42-38-37-39-45-51-57-69(4)5)94-76(81)61-55-49-43-35-31-25-21-19-17-15-13-11-8-2/h69-73,78H,7-68H2,1-6H3,(H,83,84)(H,85,86)/t70?,71-,72-,73-/m1/s1. The third-order valence-corrected chi connectivity index (χ3v) is 20.2. The zero-order valence-corrected chi connectivity index (χ0v) is 64.5. The summed E-state index contributed by atoms with van der Waals surface area (Å²) >= 11 is 0. The molecule has 17 nitrogen and oxygen atoms in total. The van der Waals surface area contributed by atoms with Gasteiger partial charge in [0, 0.05) is 25.7 Å². The zero-order valence-electron chi connectivity index (χ0n) is 62.7. The Morgan fingerprint density at radius 1 is 0.302 bits per heavy atom. The van der Waals surface area contributed by atoms with Gasteiger partial charge < -0.3 is 33.8 Å². The fourth-order valence-corrected chi connectivity index (χ4v) is 13.4. The lowest BCUT2D eigenvalue weighted by atomic mass is 9.99.